The second kappa shape index (κ2) is 6.34. The van der Waals surface area contributed by atoms with Crippen LogP contribution in [0.2, 0.25) is 0 Å². The molecule has 0 aliphatic carbocycles. The summed E-state index contributed by atoms with van der Waals surface area (Å²) in [6, 6.07) is 10.5. The number of amides is 1. The summed E-state index contributed by atoms with van der Waals surface area (Å²) in [7, 11) is 1.82. The van der Waals surface area contributed by atoms with Gasteiger partial charge in [0.25, 0.3) is 0 Å². The fourth-order valence-corrected chi connectivity index (χ4v) is 4.02. The van der Waals surface area contributed by atoms with Crippen molar-refractivity contribution in [3.63, 3.8) is 0 Å². The molecule has 2 aliphatic heterocycles. The number of carbonyl (C=O) groups excluding carboxylic acids is 1. The number of nitrogens with one attached hydrogen (secondary N) is 1. The molecular formula is C20H20F3N3O. The molecule has 4 nitrogen and oxygen atoms in total. The van der Waals surface area contributed by atoms with E-state index in [1.54, 1.807) is 11.0 Å². The molecule has 0 radical (unpaired) electrons. The van der Waals surface area contributed by atoms with Crippen LogP contribution in [0, 0.1) is 0 Å². The summed E-state index contributed by atoms with van der Waals surface area (Å²) in [4.78, 5) is 18.9. The summed E-state index contributed by atoms with van der Waals surface area (Å²) in [5, 5.41) is 3.47. The third-order valence-corrected chi connectivity index (χ3v) is 5.58. The van der Waals surface area contributed by atoms with Gasteiger partial charge in [-0.05, 0) is 43.5 Å². The number of carbonyl (C=O) groups is 1. The highest BCUT2D eigenvalue weighted by molar-refractivity contribution is 5.88. The van der Waals surface area contributed by atoms with E-state index < -0.39 is 17.3 Å². The van der Waals surface area contributed by atoms with Crippen LogP contribution in [-0.2, 0) is 11.0 Å². The predicted molar refractivity (Wildman–Crippen MR) is 94.8 cm³/mol. The van der Waals surface area contributed by atoms with Crippen LogP contribution in [0.15, 0.2) is 42.5 Å². The average molecular weight is 375 g/mol. The third kappa shape index (κ3) is 3.20. The smallest absolute Gasteiger partial charge is 0.344 e. The maximum absolute atomic E-state index is 12.7. The second-order valence-electron chi connectivity index (χ2n) is 7.32. The molecule has 3 heterocycles. The van der Waals surface area contributed by atoms with Crippen LogP contribution >= 0.6 is 0 Å². The van der Waals surface area contributed by atoms with Gasteiger partial charge < -0.3 is 4.90 Å². The molecule has 2 aromatic rings. The van der Waals surface area contributed by atoms with E-state index in [0.29, 0.717) is 11.3 Å². The lowest BCUT2D eigenvalue weighted by Gasteiger charge is -2.23. The minimum atomic E-state index is -4.35. The number of hydrogen-bond acceptors (Lipinski definition) is 3. The van der Waals surface area contributed by atoms with Gasteiger partial charge in [-0.25, -0.2) is 0 Å². The van der Waals surface area contributed by atoms with E-state index in [1.807, 2.05) is 19.2 Å². The quantitative estimate of drug-likeness (QED) is 0.869. The number of benzene rings is 1. The van der Waals surface area contributed by atoms with Gasteiger partial charge in [0.2, 0.25) is 5.91 Å². The second-order valence-corrected chi connectivity index (χ2v) is 7.32. The van der Waals surface area contributed by atoms with Crippen LogP contribution in [0.5, 0.6) is 0 Å². The molecule has 1 amide bonds. The average Bonchev–Trinajstić information content (AvgIpc) is 3.21. The van der Waals surface area contributed by atoms with Crippen LogP contribution < -0.4 is 5.32 Å². The first-order valence-corrected chi connectivity index (χ1v) is 8.96. The zero-order chi connectivity index (χ0) is 19.2. The number of hydrogen-bond donors (Lipinski definition) is 1. The van der Waals surface area contributed by atoms with Crippen molar-refractivity contribution in [2.45, 2.75) is 37.0 Å². The fraction of sp³-hybridized carbons (Fsp3) is 0.400. The van der Waals surface area contributed by atoms with Crippen molar-refractivity contribution in [1.82, 2.24) is 15.2 Å². The molecule has 0 bridgehead atoms. The van der Waals surface area contributed by atoms with Crippen molar-refractivity contribution in [3.05, 3.63) is 53.7 Å². The molecule has 1 aromatic carbocycles. The van der Waals surface area contributed by atoms with Crippen molar-refractivity contribution in [1.29, 1.82) is 0 Å². The van der Waals surface area contributed by atoms with Crippen LogP contribution in [0.1, 0.15) is 36.6 Å². The molecule has 2 saturated heterocycles. The van der Waals surface area contributed by atoms with E-state index in [0.717, 1.165) is 43.6 Å². The first kappa shape index (κ1) is 18.0. The molecule has 1 spiro atoms. The van der Waals surface area contributed by atoms with E-state index in [4.69, 9.17) is 0 Å². The number of likely N-dealkylation sites (tertiary alicyclic amines) is 1. The van der Waals surface area contributed by atoms with Gasteiger partial charge in [-0.2, -0.15) is 13.2 Å². The summed E-state index contributed by atoms with van der Waals surface area (Å²) in [5.41, 5.74) is 0.899. The highest BCUT2D eigenvalue weighted by Crippen LogP contribution is 2.39. The molecule has 1 aromatic heterocycles. The Hall–Kier alpha value is -2.41. The maximum atomic E-state index is 12.7. The van der Waals surface area contributed by atoms with Crippen molar-refractivity contribution < 1.29 is 18.0 Å². The number of halogens is 3. The van der Waals surface area contributed by atoms with Gasteiger partial charge in [-0.1, -0.05) is 18.2 Å². The zero-order valence-electron chi connectivity index (χ0n) is 14.9. The first-order chi connectivity index (χ1) is 12.8. The maximum Gasteiger partial charge on any atom is 0.416 e. The lowest BCUT2D eigenvalue weighted by molar-refractivity contribution is -0.137. The van der Waals surface area contributed by atoms with Crippen molar-refractivity contribution >= 4 is 5.91 Å². The molecule has 2 aliphatic rings. The SMILES string of the molecule is CN1CCC2(CCC(c3cccc(-c4ccc(C(F)(F)F)cc4)n3)N2)C1=O. The summed E-state index contributed by atoms with van der Waals surface area (Å²) >= 11 is 0. The van der Waals surface area contributed by atoms with Gasteiger partial charge >= 0.3 is 6.18 Å². The zero-order valence-corrected chi connectivity index (χ0v) is 14.9. The van der Waals surface area contributed by atoms with Crippen molar-refractivity contribution in [2.75, 3.05) is 13.6 Å². The molecule has 4 rings (SSSR count). The number of aromatic nitrogens is 1. The van der Waals surface area contributed by atoms with Crippen molar-refractivity contribution in [2.24, 2.45) is 0 Å². The summed E-state index contributed by atoms with van der Waals surface area (Å²) in [6.07, 6.45) is -1.98. The summed E-state index contributed by atoms with van der Waals surface area (Å²) < 4.78 is 38.2. The van der Waals surface area contributed by atoms with Gasteiger partial charge in [-0.15, -0.1) is 0 Å². The van der Waals surface area contributed by atoms with E-state index in [1.165, 1.54) is 12.1 Å². The van der Waals surface area contributed by atoms with Gasteiger partial charge in [0.05, 0.1) is 23.0 Å². The van der Waals surface area contributed by atoms with Crippen LogP contribution in [0.4, 0.5) is 13.2 Å². The Bertz CT molecular complexity index is 866. The normalized spacial score (nSPS) is 25.6. The Kier molecular flexibility index (Phi) is 4.22. The minimum absolute atomic E-state index is 0.0325. The standard InChI is InChI=1S/C20H20F3N3O/c1-26-12-11-19(18(26)27)10-9-17(25-19)16-4-2-3-15(24-16)13-5-7-14(8-6-13)20(21,22)23/h2-8,17,25H,9-12H2,1H3. The Morgan fingerprint density at radius 1 is 1.15 bits per heavy atom. The Labute approximate surface area is 155 Å². The monoisotopic (exact) mass is 375 g/mol. The molecule has 2 atom stereocenters. The molecule has 2 fully saturated rings. The lowest BCUT2D eigenvalue weighted by Crippen LogP contribution is -2.47. The third-order valence-electron chi connectivity index (χ3n) is 5.58. The number of rotatable bonds is 2. The van der Waals surface area contributed by atoms with E-state index in [-0.39, 0.29) is 11.9 Å². The molecule has 2 unspecified atom stereocenters. The molecule has 0 saturated carbocycles. The van der Waals surface area contributed by atoms with Gasteiger partial charge in [0.1, 0.15) is 5.54 Å². The Morgan fingerprint density at radius 2 is 1.89 bits per heavy atom. The molecule has 27 heavy (non-hydrogen) atoms. The molecule has 1 N–H and O–H groups in total. The Morgan fingerprint density at radius 3 is 2.52 bits per heavy atom. The summed E-state index contributed by atoms with van der Waals surface area (Å²) in [6.45, 7) is 0.748. The Balaban J connectivity index is 1.56. The first-order valence-electron chi connectivity index (χ1n) is 8.96. The number of likely N-dealkylation sites (N-methyl/N-ethyl adjacent to an activating group) is 1. The summed E-state index contributed by atoms with van der Waals surface area (Å²) in [5.74, 6) is 0.129. The van der Waals surface area contributed by atoms with Gasteiger partial charge in [0.15, 0.2) is 0 Å². The van der Waals surface area contributed by atoms with Crippen molar-refractivity contribution in [3.8, 4) is 11.3 Å². The van der Waals surface area contributed by atoms with E-state index in [2.05, 4.69) is 10.3 Å². The van der Waals surface area contributed by atoms with Crippen LogP contribution in [0.3, 0.4) is 0 Å². The lowest BCUT2D eigenvalue weighted by atomic mass is 9.96. The number of pyridine rings is 1. The highest BCUT2D eigenvalue weighted by atomic mass is 19.4. The predicted octanol–water partition coefficient (Wildman–Crippen LogP) is 3.79. The minimum Gasteiger partial charge on any atom is -0.344 e. The van der Waals surface area contributed by atoms with Gasteiger partial charge in [0, 0.05) is 19.2 Å². The van der Waals surface area contributed by atoms with Crippen LogP contribution in [0.25, 0.3) is 11.3 Å². The van der Waals surface area contributed by atoms with E-state index in [9.17, 15) is 18.0 Å². The number of nitrogens with zero attached hydrogens (tertiary/aromatic N) is 2. The molecule has 7 heteroatoms. The molecule has 142 valence electrons. The number of alkyl halides is 3. The van der Waals surface area contributed by atoms with E-state index >= 15 is 0 Å². The molecular weight excluding hydrogens is 355 g/mol. The van der Waals surface area contributed by atoms with Gasteiger partial charge in [-0.3, -0.25) is 15.1 Å². The topological polar surface area (TPSA) is 45.2 Å². The largest absolute Gasteiger partial charge is 0.416 e. The fourth-order valence-electron chi connectivity index (χ4n) is 4.02. The highest BCUT2D eigenvalue weighted by Gasteiger charge is 2.50. The van der Waals surface area contributed by atoms with Crippen LogP contribution in [-0.4, -0.2) is 34.9 Å².